The van der Waals surface area contributed by atoms with Crippen LogP contribution in [0.3, 0.4) is 0 Å². The van der Waals surface area contributed by atoms with Gasteiger partial charge in [0.15, 0.2) is 0 Å². The van der Waals surface area contributed by atoms with Crippen molar-refractivity contribution in [3.63, 3.8) is 0 Å². The van der Waals surface area contributed by atoms with E-state index in [1.54, 1.807) is 12.1 Å². The van der Waals surface area contributed by atoms with Crippen LogP contribution in [0.4, 0.5) is 5.69 Å². The summed E-state index contributed by atoms with van der Waals surface area (Å²) in [5, 5.41) is 12.5. The van der Waals surface area contributed by atoms with E-state index in [0.29, 0.717) is 10.6 Å². The van der Waals surface area contributed by atoms with Gasteiger partial charge in [-0.2, -0.15) is 5.26 Å². The minimum absolute atomic E-state index is 0.497. The summed E-state index contributed by atoms with van der Waals surface area (Å²) >= 11 is 5.93. The number of nitrogens with zero attached hydrogens (tertiary/aromatic N) is 2. The lowest BCUT2D eigenvalue weighted by atomic mass is 10.2. The number of benzene rings is 1. The summed E-state index contributed by atoms with van der Waals surface area (Å²) in [6.07, 6.45) is 0. The number of nitriles is 1. The molecular weight excluding hydrogens is 222 g/mol. The third kappa shape index (κ3) is 3.73. The number of hydrogen-bond acceptors (Lipinski definition) is 3. The predicted octanol–water partition coefficient (Wildman–Crippen LogP) is 2.58. The van der Waals surface area contributed by atoms with Crippen LogP contribution < -0.4 is 5.32 Å². The molecule has 1 aromatic rings. The quantitative estimate of drug-likeness (QED) is 0.856. The van der Waals surface area contributed by atoms with Crippen molar-refractivity contribution < 1.29 is 0 Å². The number of likely N-dealkylation sites (N-methyl/N-ethyl adjacent to an activating group) is 1. The largest absolute Gasteiger partial charge is 0.384 e. The Balaban J connectivity index is 2.50. The molecule has 1 N–H and O–H groups in total. The molecule has 0 saturated heterocycles. The van der Waals surface area contributed by atoms with Gasteiger partial charge in [-0.15, -0.1) is 0 Å². The molecule has 16 heavy (non-hydrogen) atoms. The number of anilines is 1. The van der Waals surface area contributed by atoms with Crippen molar-refractivity contribution >= 4 is 17.3 Å². The van der Waals surface area contributed by atoms with E-state index in [4.69, 9.17) is 16.9 Å². The molecule has 0 bridgehead atoms. The normalized spacial score (nSPS) is 10.2. The van der Waals surface area contributed by atoms with Crippen LogP contribution in [0.5, 0.6) is 0 Å². The molecule has 0 aromatic heterocycles. The van der Waals surface area contributed by atoms with Crippen LogP contribution in [0.1, 0.15) is 12.5 Å². The molecule has 3 nitrogen and oxygen atoms in total. The summed E-state index contributed by atoms with van der Waals surface area (Å²) in [5.74, 6) is 0. The Bertz CT molecular complexity index is 384. The van der Waals surface area contributed by atoms with Gasteiger partial charge < -0.3 is 10.2 Å². The molecule has 0 aliphatic rings. The fourth-order valence-corrected chi connectivity index (χ4v) is 1.49. The molecule has 0 unspecified atom stereocenters. The summed E-state index contributed by atoms with van der Waals surface area (Å²) in [6, 6.07) is 7.42. The molecule has 1 aromatic carbocycles. The van der Waals surface area contributed by atoms with E-state index in [2.05, 4.69) is 24.2 Å². The maximum atomic E-state index is 8.73. The zero-order chi connectivity index (χ0) is 12.0. The molecule has 4 heteroatoms. The highest BCUT2D eigenvalue weighted by atomic mass is 35.5. The zero-order valence-electron chi connectivity index (χ0n) is 9.63. The molecule has 1 rings (SSSR count). The fraction of sp³-hybridized carbons (Fsp3) is 0.417. The van der Waals surface area contributed by atoms with Gasteiger partial charge in [0.1, 0.15) is 6.07 Å². The molecule has 0 aliphatic carbocycles. The zero-order valence-corrected chi connectivity index (χ0v) is 10.4. The van der Waals surface area contributed by atoms with Crippen molar-refractivity contribution in [2.75, 3.05) is 32.0 Å². The number of nitrogens with one attached hydrogen (secondary N) is 1. The van der Waals surface area contributed by atoms with Crippen LogP contribution >= 0.6 is 11.6 Å². The predicted molar refractivity (Wildman–Crippen MR) is 67.8 cm³/mol. The first kappa shape index (κ1) is 12.8. The van der Waals surface area contributed by atoms with Crippen molar-refractivity contribution in [2.24, 2.45) is 0 Å². The van der Waals surface area contributed by atoms with Crippen molar-refractivity contribution in [1.82, 2.24) is 4.90 Å². The molecular formula is C12H16ClN3. The van der Waals surface area contributed by atoms with E-state index >= 15 is 0 Å². The first-order chi connectivity index (χ1) is 7.67. The lowest BCUT2D eigenvalue weighted by molar-refractivity contribution is 0.367. The van der Waals surface area contributed by atoms with Crippen LogP contribution in [-0.4, -0.2) is 31.6 Å². The third-order valence-electron chi connectivity index (χ3n) is 2.45. The van der Waals surface area contributed by atoms with E-state index in [0.717, 1.165) is 25.3 Å². The summed E-state index contributed by atoms with van der Waals surface area (Å²) in [6.45, 7) is 5.01. The van der Waals surface area contributed by atoms with Crippen molar-refractivity contribution in [3.8, 4) is 6.07 Å². The van der Waals surface area contributed by atoms with E-state index in [1.165, 1.54) is 0 Å². The second kappa shape index (κ2) is 6.37. The summed E-state index contributed by atoms with van der Waals surface area (Å²) < 4.78 is 0. The van der Waals surface area contributed by atoms with E-state index in [9.17, 15) is 0 Å². The fourth-order valence-electron chi connectivity index (χ4n) is 1.26. The highest BCUT2D eigenvalue weighted by molar-refractivity contribution is 6.32. The molecule has 0 fully saturated rings. The van der Waals surface area contributed by atoms with Crippen molar-refractivity contribution in [3.05, 3.63) is 28.8 Å². The summed E-state index contributed by atoms with van der Waals surface area (Å²) in [5.41, 5.74) is 1.46. The van der Waals surface area contributed by atoms with Gasteiger partial charge in [-0.3, -0.25) is 0 Å². The SMILES string of the molecule is CCN(C)CCNc1ccc(C#N)c(Cl)c1. The molecule has 0 heterocycles. The van der Waals surface area contributed by atoms with E-state index in [-0.39, 0.29) is 0 Å². The lowest BCUT2D eigenvalue weighted by Gasteiger charge is -2.14. The van der Waals surface area contributed by atoms with Crippen LogP contribution in [0.25, 0.3) is 0 Å². The highest BCUT2D eigenvalue weighted by Gasteiger charge is 2.00. The number of halogens is 1. The van der Waals surface area contributed by atoms with Crippen LogP contribution in [0, 0.1) is 11.3 Å². The second-order valence-corrected chi connectivity index (χ2v) is 4.04. The maximum absolute atomic E-state index is 8.73. The third-order valence-corrected chi connectivity index (χ3v) is 2.76. The number of rotatable bonds is 5. The average molecular weight is 238 g/mol. The van der Waals surface area contributed by atoms with Gasteiger partial charge in [0.05, 0.1) is 10.6 Å². The van der Waals surface area contributed by atoms with Gasteiger partial charge in [0.25, 0.3) is 0 Å². The molecule has 0 atom stereocenters. The van der Waals surface area contributed by atoms with Gasteiger partial charge in [0, 0.05) is 18.8 Å². The Labute approximate surface area is 102 Å². The van der Waals surface area contributed by atoms with Crippen molar-refractivity contribution in [2.45, 2.75) is 6.92 Å². The minimum Gasteiger partial charge on any atom is -0.384 e. The lowest BCUT2D eigenvalue weighted by Crippen LogP contribution is -2.24. The smallest absolute Gasteiger partial charge is 0.101 e. The monoisotopic (exact) mass is 237 g/mol. The molecule has 0 amide bonds. The van der Waals surface area contributed by atoms with Crippen LogP contribution in [0.2, 0.25) is 5.02 Å². The van der Waals surface area contributed by atoms with Gasteiger partial charge in [-0.25, -0.2) is 0 Å². The topological polar surface area (TPSA) is 39.1 Å². The van der Waals surface area contributed by atoms with Gasteiger partial charge in [0.2, 0.25) is 0 Å². The second-order valence-electron chi connectivity index (χ2n) is 3.63. The maximum Gasteiger partial charge on any atom is 0.101 e. The van der Waals surface area contributed by atoms with Crippen LogP contribution in [-0.2, 0) is 0 Å². The highest BCUT2D eigenvalue weighted by Crippen LogP contribution is 2.19. The Morgan fingerprint density at radius 2 is 2.25 bits per heavy atom. The Morgan fingerprint density at radius 3 is 2.81 bits per heavy atom. The molecule has 0 radical (unpaired) electrons. The minimum atomic E-state index is 0.497. The Morgan fingerprint density at radius 1 is 1.50 bits per heavy atom. The average Bonchev–Trinajstić information content (AvgIpc) is 2.29. The Kier molecular flexibility index (Phi) is 5.10. The standard InChI is InChI=1S/C12H16ClN3/c1-3-16(2)7-6-15-11-5-4-10(9-14)12(13)8-11/h4-5,8,15H,3,6-7H2,1-2H3. The first-order valence-corrected chi connectivity index (χ1v) is 5.67. The molecule has 0 saturated carbocycles. The first-order valence-electron chi connectivity index (χ1n) is 5.29. The molecule has 86 valence electrons. The van der Waals surface area contributed by atoms with Crippen LogP contribution in [0.15, 0.2) is 18.2 Å². The summed E-state index contributed by atoms with van der Waals surface area (Å²) in [7, 11) is 2.08. The molecule has 0 spiro atoms. The number of hydrogen-bond donors (Lipinski definition) is 1. The van der Waals surface area contributed by atoms with E-state index < -0.39 is 0 Å². The van der Waals surface area contributed by atoms with E-state index in [1.807, 2.05) is 12.1 Å². The summed E-state index contributed by atoms with van der Waals surface area (Å²) in [4.78, 5) is 2.22. The van der Waals surface area contributed by atoms with Crippen molar-refractivity contribution in [1.29, 1.82) is 5.26 Å². The van der Waals surface area contributed by atoms with Gasteiger partial charge in [-0.05, 0) is 31.8 Å². The Hall–Kier alpha value is -1.24. The van der Waals surface area contributed by atoms with Gasteiger partial charge >= 0.3 is 0 Å². The van der Waals surface area contributed by atoms with Gasteiger partial charge in [-0.1, -0.05) is 18.5 Å². The molecule has 0 aliphatic heterocycles.